The van der Waals surface area contributed by atoms with Gasteiger partial charge in [-0.15, -0.1) is 0 Å². The van der Waals surface area contributed by atoms with E-state index in [9.17, 15) is 9.59 Å². The van der Waals surface area contributed by atoms with Crippen molar-refractivity contribution < 1.29 is 23.6 Å². The molecule has 1 fully saturated rings. The molecule has 3 rings (SSSR count). The topological polar surface area (TPSA) is 94.8 Å². The van der Waals surface area contributed by atoms with Crippen molar-refractivity contribution in [2.24, 2.45) is 5.92 Å². The van der Waals surface area contributed by atoms with Gasteiger partial charge in [0.1, 0.15) is 5.60 Å². The first-order valence-electron chi connectivity index (χ1n) is 10.7. The van der Waals surface area contributed by atoms with Crippen molar-refractivity contribution in [3.05, 3.63) is 35.7 Å². The first-order chi connectivity index (χ1) is 14.6. The van der Waals surface area contributed by atoms with Crippen LogP contribution in [0.15, 0.2) is 28.8 Å². The molecular weight excluding hydrogens is 398 g/mol. The van der Waals surface area contributed by atoms with E-state index in [1.165, 1.54) is 5.56 Å². The predicted octanol–water partition coefficient (Wildman–Crippen LogP) is 4.55. The van der Waals surface area contributed by atoms with Gasteiger partial charge in [-0.1, -0.05) is 43.3 Å². The first kappa shape index (κ1) is 22.8. The van der Waals surface area contributed by atoms with Crippen molar-refractivity contribution in [3.63, 3.8) is 0 Å². The molecular formula is C23H31N3O5. The number of rotatable bonds is 5. The summed E-state index contributed by atoms with van der Waals surface area (Å²) in [4.78, 5) is 30.5. The van der Waals surface area contributed by atoms with Crippen LogP contribution in [0, 0.1) is 5.92 Å². The number of benzene rings is 1. The van der Waals surface area contributed by atoms with Crippen LogP contribution >= 0.6 is 0 Å². The minimum absolute atomic E-state index is 0.0673. The van der Waals surface area contributed by atoms with Gasteiger partial charge in [0.05, 0.1) is 5.92 Å². The van der Waals surface area contributed by atoms with Crippen LogP contribution in [0.3, 0.4) is 0 Å². The molecule has 0 saturated carbocycles. The Balaban J connectivity index is 1.47. The van der Waals surface area contributed by atoms with Gasteiger partial charge in [0.15, 0.2) is 6.61 Å². The monoisotopic (exact) mass is 429 g/mol. The highest BCUT2D eigenvalue weighted by Crippen LogP contribution is 2.23. The van der Waals surface area contributed by atoms with Gasteiger partial charge in [-0.2, -0.15) is 4.98 Å². The molecule has 1 saturated heterocycles. The van der Waals surface area contributed by atoms with Crippen LogP contribution < -0.4 is 0 Å². The number of amides is 1. The number of esters is 1. The molecule has 8 heteroatoms. The Kier molecular flexibility index (Phi) is 6.97. The standard InChI is InChI=1S/C23H31N3O5/c1-15(2)16-6-8-17(9-7-16)20-24-19(31-25-20)14-29-21(27)18-10-12-26(13-11-18)22(28)30-23(3,4)5/h6-9,15,18H,10-14H2,1-5H3. The van der Waals surface area contributed by atoms with E-state index in [0.717, 1.165) is 5.56 Å². The van der Waals surface area contributed by atoms with Gasteiger partial charge in [0.2, 0.25) is 5.82 Å². The third-order valence-corrected chi connectivity index (χ3v) is 5.12. The molecule has 8 nitrogen and oxygen atoms in total. The van der Waals surface area contributed by atoms with E-state index < -0.39 is 5.60 Å². The van der Waals surface area contributed by atoms with Gasteiger partial charge in [0.25, 0.3) is 5.89 Å². The smallest absolute Gasteiger partial charge is 0.410 e. The summed E-state index contributed by atoms with van der Waals surface area (Å²) in [5.41, 5.74) is 1.55. The zero-order valence-corrected chi connectivity index (χ0v) is 18.9. The summed E-state index contributed by atoms with van der Waals surface area (Å²) < 4.78 is 16.0. The second kappa shape index (κ2) is 9.49. The Morgan fingerprint density at radius 1 is 1.16 bits per heavy atom. The lowest BCUT2D eigenvalue weighted by atomic mass is 9.97. The minimum atomic E-state index is -0.535. The number of carbonyl (C=O) groups excluding carboxylic acids is 2. The summed E-state index contributed by atoms with van der Waals surface area (Å²) in [6, 6.07) is 7.99. The Labute approximate surface area is 182 Å². The molecule has 168 valence electrons. The molecule has 31 heavy (non-hydrogen) atoms. The lowest BCUT2D eigenvalue weighted by molar-refractivity contribution is -0.152. The van der Waals surface area contributed by atoms with Crippen molar-refractivity contribution in [1.82, 2.24) is 15.0 Å². The van der Waals surface area contributed by atoms with Gasteiger partial charge in [0, 0.05) is 18.7 Å². The largest absolute Gasteiger partial charge is 0.455 e. The maximum atomic E-state index is 12.4. The zero-order valence-electron chi connectivity index (χ0n) is 18.9. The molecule has 1 amide bonds. The molecule has 0 atom stereocenters. The lowest BCUT2D eigenvalue weighted by Gasteiger charge is -2.32. The van der Waals surface area contributed by atoms with Crippen LogP contribution in [0.2, 0.25) is 0 Å². The van der Waals surface area contributed by atoms with Crippen LogP contribution in [0.4, 0.5) is 4.79 Å². The molecule has 0 aliphatic carbocycles. The van der Waals surface area contributed by atoms with Crippen molar-refractivity contribution in [2.75, 3.05) is 13.1 Å². The van der Waals surface area contributed by atoms with Crippen LogP contribution in [-0.4, -0.2) is 45.8 Å². The molecule has 1 aromatic carbocycles. The number of hydrogen-bond acceptors (Lipinski definition) is 7. The summed E-state index contributed by atoms with van der Waals surface area (Å²) in [7, 11) is 0. The van der Waals surface area contributed by atoms with E-state index >= 15 is 0 Å². The van der Waals surface area contributed by atoms with Crippen LogP contribution in [0.1, 0.15) is 64.8 Å². The zero-order chi connectivity index (χ0) is 22.6. The van der Waals surface area contributed by atoms with E-state index in [-0.39, 0.29) is 30.5 Å². The number of ether oxygens (including phenoxy) is 2. The normalized spacial score (nSPS) is 15.2. The Morgan fingerprint density at radius 2 is 1.81 bits per heavy atom. The fourth-order valence-electron chi connectivity index (χ4n) is 3.32. The summed E-state index contributed by atoms with van der Waals surface area (Å²) >= 11 is 0. The molecule has 0 N–H and O–H groups in total. The number of piperidine rings is 1. The van der Waals surface area contributed by atoms with Gasteiger partial charge >= 0.3 is 12.1 Å². The number of likely N-dealkylation sites (tertiary alicyclic amines) is 1. The summed E-state index contributed by atoms with van der Waals surface area (Å²) in [5.74, 6) is 0.592. The SMILES string of the molecule is CC(C)c1ccc(-c2noc(COC(=O)C3CCN(C(=O)OC(C)(C)C)CC3)n2)cc1. The lowest BCUT2D eigenvalue weighted by Crippen LogP contribution is -2.43. The summed E-state index contributed by atoms with van der Waals surface area (Å²) in [6.45, 7) is 10.6. The fraction of sp³-hybridized carbons (Fsp3) is 0.565. The van der Waals surface area contributed by atoms with Crippen molar-refractivity contribution >= 4 is 12.1 Å². The third-order valence-electron chi connectivity index (χ3n) is 5.12. The quantitative estimate of drug-likeness (QED) is 0.644. The molecule has 0 bridgehead atoms. The fourth-order valence-corrected chi connectivity index (χ4v) is 3.32. The molecule has 0 unspecified atom stereocenters. The summed E-state index contributed by atoms with van der Waals surface area (Å²) in [5, 5.41) is 3.97. The van der Waals surface area contributed by atoms with Crippen LogP contribution in [0.25, 0.3) is 11.4 Å². The third kappa shape index (κ3) is 6.29. The van der Waals surface area contributed by atoms with E-state index in [0.29, 0.717) is 37.7 Å². The highest BCUT2D eigenvalue weighted by molar-refractivity contribution is 5.73. The number of hydrogen-bond donors (Lipinski definition) is 0. The first-order valence-corrected chi connectivity index (χ1v) is 10.7. The van der Waals surface area contributed by atoms with E-state index in [4.69, 9.17) is 14.0 Å². The van der Waals surface area contributed by atoms with Gasteiger partial charge < -0.3 is 18.9 Å². The van der Waals surface area contributed by atoms with Crippen LogP contribution in [0.5, 0.6) is 0 Å². The van der Waals surface area contributed by atoms with Gasteiger partial charge in [-0.25, -0.2) is 4.79 Å². The van der Waals surface area contributed by atoms with E-state index in [2.05, 4.69) is 24.0 Å². The maximum Gasteiger partial charge on any atom is 0.410 e. The van der Waals surface area contributed by atoms with Gasteiger partial charge in [-0.3, -0.25) is 4.79 Å². The maximum absolute atomic E-state index is 12.4. The van der Waals surface area contributed by atoms with Gasteiger partial charge in [-0.05, 0) is 45.1 Å². The number of carbonyl (C=O) groups is 2. The minimum Gasteiger partial charge on any atom is -0.455 e. The highest BCUT2D eigenvalue weighted by Gasteiger charge is 2.31. The molecule has 2 aromatic rings. The molecule has 1 aliphatic rings. The second-order valence-corrected chi connectivity index (χ2v) is 9.14. The average Bonchev–Trinajstić information content (AvgIpc) is 3.20. The molecule has 0 radical (unpaired) electrons. The van der Waals surface area contributed by atoms with Crippen molar-refractivity contribution in [2.45, 2.75) is 65.6 Å². The van der Waals surface area contributed by atoms with E-state index in [1.807, 2.05) is 45.0 Å². The van der Waals surface area contributed by atoms with Crippen molar-refractivity contribution in [1.29, 1.82) is 0 Å². The number of nitrogens with zero attached hydrogens (tertiary/aromatic N) is 3. The Morgan fingerprint density at radius 3 is 2.39 bits per heavy atom. The molecule has 1 aromatic heterocycles. The predicted molar refractivity (Wildman–Crippen MR) is 114 cm³/mol. The second-order valence-electron chi connectivity index (χ2n) is 9.14. The van der Waals surface area contributed by atoms with Crippen molar-refractivity contribution in [3.8, 4) is 11.4 Å². The van der Waals surface area contributed by atoms with E-state index in [1.54, 1.807) is 4.90 Å². The number of aromatic nitrogens is 2. The Hall–Kier alpha value is -2.90. The average molecular weight is 430 g/mol. The Bertz CT molecular complexity index is 891. The molecule has 1 aliphatic heterocycles. The molecule has 0 spiro atoms. The molecule has 2 heterocycles. The van der Waals surface area contributed by atoms with Crippen LogP contribution in [-0.2, 0) is 20.9 Å². The highest BCUT2D eigenvalue weighted by atomic mass is 16.6. The summed E-state index contributed by atoms with van der Waals surface area (Å²) in [6.07, 6.45) is 0.726.